The Labute approximate surface area is 143 Å². The Balaban J connectivity index is 1.53. The second-order valence-electron chi connectivity index (χ2n) is 7.11. The van der Waals surface area contributed by atoms with E-state index < -0.39 is 17.2 Å². The summed E-state index contributed by atoms with van der Waals surface area (Å²) in [5.41, 5.74) is -0.349. The van der Waals surface area contributed by atoms with Crippen LogP contribution in [0.1, 0.15) is 41.7 Å². The van der Waals surface area contributed by atoms with Gasteiger partial charge in [-0.2, -0.15) is 5.10 Å². The number of hydrogen-bond donors (Lipinski definition) is 2. The summed E-state index contributed by atoms with van der Waals surface area (Å²) in [6, 6.07) is 4.90. The molecule has 2 bridgehead atoms. The summed E-state index contributed by atoms with van der Waals surface area (Å²) in [6.45, 7) is 0. The predicted molar refractivity (Wildman–Crippen MR) is 85.8 cm³/mol. The first kappa shape index (κ1) is 16.2. The van der Waals surface area contributed by atoms with Gasteiger partial charge < -0.3 is 10.0 Å². The number of carbonyl (C=O) groups is 1. The summed E-state index contributed by atoms with van der Waals surface area (Å²) in [4.78, 5) is 14.5. The highest BCUT2D eigenvalue weighted by Crippen LogP contribution is 2.43. The summed E-state index contributed by atoms with van der Waals surface area (Å²) >= 11 is 0. The van der Waals surface area contributed by atoms with Crippen LogP contribution >= 0.6 is 0 Å². The Morgan fingerprint density at radius 2 is 2.00 bits per heavy atom. The minimum atomic E-state index is -1.09. The number of nitrogens with one attached hydrogen (secondary N) is 1. The van der Waals surface area contributed by atoms with Crippen molar-refractivity contribution in [2.75, 3.05) is 0 Å². The van der Waals surface area contributed by atoms with E-state index in [0.717, 1.165) is 18.9 Å². The molecule has 2 N–H and O–H groups in total. The number of aliphatic hydroxyl groups is 1. The maximum Gasteiger partial charge on any atom is 0.272 e. The number of fused-ring (bicyclic) bond motifs is 2. The number of aromatic nitrogens is 2. The van der Waals surface area contributed by atoms with Crippen molar-refractivity contribution in [1.29, 1.82) is 0 Å². The lowest BCUT2D eigenvalue weighted by Gasteiger charge is -2.43. The minimum absolute atomic E-state index is 0.0805. The lowest BCUT2D eigenvalue weighted by molar-refractivity contribution is -0.0433. The summed E-state index contributed by atoms with van der Waals surface area (Å²) in [7, 11) is 0. The van der Waals surface area contributed by atoms with Crippen molar-refractivity contribution < 1.29 is 18.7 Å². The third-order valence-corrected chi connectivity index (χ3v) is 5.35. The van der Waals surface area contributed by atoms with Crippen LogP contribution in [0.2, 0.25) is 0 Å². The van der Waals surface area contributed by atoms with Crippen LogP contribution < -0.4 is 0 Å². The average molecular weight is 347 g/mol. The molecule has 3 heterocycles. The standard InChI is InChI=1S/C18H19F2N3O2/c19-12-2-1-11(15(20)7-12)8-18(25)9-13-3-4-14(10-18)23(13)17(24)16-5-6-21-22-16/h1-2,5-7,13-14,25H,3-4,8-10H2,(H,21,22)/t13-,14-/m0/s1. The van der Waals surface area contributed by atoms with E-state index in [2.05, 4.69) is 10.2 Å². The fourth-order valence-corrected chi connectivity index (χ4v) is 4.33. The Bertz CT molecular complexity index is 780. The molecule has 2 aromatic rings. The molecule has 2 fully saturated rings. The molecular weight excluding hydrogens is 328 g/mol. The van der Waals surface area contributed by atoms with Crippen LogP contribution in [0.15, 0.2) is 30.5 Å². The Kier molecular flexibility index (Phi) is 3.83. The molecule has 1 aromatic heterocycles. The molecule has 2 atom stereocenters. The zero-order chi connectivity index (χ0) is 17.6. The van der Waals surface area contributed by atoms with Crippen molar-refractivity contribution in [3.05, 3.63) is 53.4 Å². The predicted octanol–water partition coefficient (Wildman–Crippen LogP) is 2.43. The molecule has 25 heavy (non-hydrogen) atoms. The highest BCUT2D eigenvalue weighted by atomic mass is 19.1. The number of piperidine rings is 1. The van der Waals surface area contributed by atoms with Gasteiger partial charge in [-0.15, -0.1) is 0 Å². The summed E-state index contributed by atoms with van der Waals surface area (Å²) in [5, 5.41) is 17.5. The number of carbonyl (C=O) groups excluding carboxylic acids is 1. The van der Waals surface area contributed by atoms with Gasteiger partial charge in [-0.1, -0.05) is 6.07 Å². The summed E-state index contributed by atoms with van der Waals surface area (Å²) in [6.07, 6.45) is 4.07. The fourth-order valence-electron chi connectivity index (χ4n) is 4.33. The van der Waals surface area contributed by atoms with E-state index in [1.807, 2.05) is 4.90 Å². The number of hydrogen-bond acceptors (Lipinski definition) is 3. The van der Waals surface area contributed by atoms with Crippen LogP contribution in [0.25, 0.3) is 0 Å². The maximum atomic E-state index is 13.9. The zero-order valence-electron chi connectivity index (χ0n) is 13.6. The van der Waals surface area contributed by atoms with Crippen molar-refractivity contribution in [3.63, 3.8) is 0 Å². The Morgan fingerprint density at radius 3 is 2.60 bits per heavy atom. The van der Waals surface area contributed by atoms with Gasteiger partial charge in [0.25, 0.3) is 5.91 Å². The van der Waals surface area contributed by atoms with E-state index in [0.29, 0.717) is 24.1 Å². The van der Waals surface area contributed by atoms with E-state index in [4.69, 9.17) is 0 Å². The fraction of sp³-hybridized carbons (Fsp3) is 0.444. The maximum absolute atomic E-state index is 13.9. The van der Waals surface area contributed by atoms with Crippen LogP contribution in [0.3, 0.4) is 0 Å². The van der Waals surface area contributed by atoms with E-state index in [1.54, 1.807) is 6.07 Å². The third kappa shape index (κ3) is 2.93. The molecule has 0 unspecified atom stereocenters. The lowest BCUT2D eigenvalue weighted by Crippen LogP contribution is -2.54. The van der Waals surface area contributed by atoms with E-state index in [-0.39, 0.29) is 24.4 Å². The van der Waals surface area contributed by atoms with Crippen molar-refractivity contribution >= 4 is 5.91 Å². The molecule has 1 amide bonds. The first-order valence-electron chi connectivity index (χ1n) is 8.43. The van der Waals surface area contributed by atoms with E-state index >= 15 is 0 Å². The molecule has 0 aliphatic carbocycles. The largest absolute Gasteiger partial charge is 0.389 e. The van der Waals surface area contributed by atoms with Gasteiger partial charge in [0.2, 0.25) is 0 Å². The number of rotatable bonds is 3. The quantitative estimate of drug-likeness (QED) is 0.896. The van der Waals surface area contributed by atoms with Crippen molar-refractivity contribution in [1.82, 2.24) is 15.1 Å². The Morgan fingerprint density at radius 1 is 1.28 bits per heavy atom. The van der Waals surface area contributed by atoms with Gasteiger partial charge in [0.15, 0.2) is 0 Å². The van der Waals surface area contributed by atoms with Crippen LogP contribution in [-0.2, 0) is 6.42 Å². The highest BCUT2D eigenvalue weighted by molar-refractivity contribution is 5.93. The van der Waals surface area contributed by atoms with Crippen LogP contribution in [-0.4, -0.2) is 43.8 Å². The zero-order valence-corrected chi connectivity index (χ0v) is 13.6. The van der Waals surface area contributed by atoms with Gasteiger partial charge in [0.1, 0.15) is 17.3 Å². The summed E-state index contributed by atoms with van der Waals surface area (Å²) < 4.78 is 27.0. The number of aromatic amines is 1. The second-order valence-corrected chi connectivity index (χ2v) is 7.11. The van der Waals surface area contributed by atoms with Crippen molar-refractivity contribution in [2.45, 2.75) is 49.8 Å². The molecule has 5 nitrogen and oxygen atoms in total. The number of H-pyrrole nitrogens is 1. The minimum Gasteiger partial charge on any atom is -0.389 e. The monoisotopic (exact) mass is 347 g/mol. The molecule has 132 valence electrons. The van der Waals surface area contributed by atoms with Gasteiger partial charge in [-0.25, -0.2) is 8.78 Å². The molecule has 0 radical (unpaired) electrons. The van der Waals surface area contributed by atoms with Gasteiger partial charge >= 0.3 is 0 Å². The van der Waals surface area contributed by atoms with Crippen LogP contribution in [0.4, 0.5) is 8.78 Å². The van der Waals surface area contributed by atoms with Gasteiger partial charge in [-0.3, -0.25) is 9.89 Å². The molecule has 0 spiro atoms. The van der Waals surface area contributed by atoms with Gasteiger partial charge in [0.05, 0.1) is 5.60 Å². The number of amides is 1. The van der Waals surface area contributed by atoms with E-state index in [1.165, 1.54) is 18.3 Å². The number of nitrogens with zero attached hydrogens (tertiary/aromatic N) is 2. The normalized spacial score (nSPS) is 28.4. The molecule has 7 heteroatoms. The topological polar surface area (TPSA) is 69.2 Å². The molecule has 1 aromatic carbocycles. The molecule has 2 aliphatic heterocycles. The molecule has 4 rings (SSSR count). The smallest absolute Gasteiger partial charge is 0.272 e. The molecule has 2 saturated heterocycles. The number of benzene rings is 1. The SMILES string of the molecule is O=C(c1ccn[nH]1)N1[C@H]2CC[C@H]1CC(O)(Cc1ccc(F)cc1F)C2. The van der Waals surface area contributed by atoms with Crippen molar-refractivity contribution in [3.8, 4) is 0 Å². The molecule has 0 saturated carbocycles. The van der Waals surface area contributed by atoms with Crippen molar-refractivity contribution in [2.24, 2.45) is 0 Å². The summed E-state index contributed by atoms with van der Waals surface area (Å²) in [5.74, 6) is -1.38. The molecule has 2 aliphatic rings. The highest BCUT2D eigenvalue weighted by Gasteiger charge is 2.49. The molecular formula is C18H19F2N3O2. The van der Waals surface area contributed by atoms with Gasteiger partial charge in [0, 0.05) is 30.8 Å². The first-order chi connectivity index (χ1) is 12.0. The van der Waals surface area contributed by atoms with E-state index in [9.17, 15) is 18.7 Å². The lowest BCUT2D eigenvalue weighted by atomic mass is 9.81. The Hall–Kier alpha value is -2.28. The van der Waals surface area contributed by atoms with Gasteiger partial charge in [-0.05, 0) is 43.4 Å². The second kappa shape index (κ2) is 5.91. The number of halogens is 2. The van der Waals surface area contributed by atoms with Crippen LogP contribution in [0.5, 0.6) is 0 Å². The third-order valence-electron chi connectivity index (χ3n) is 5.35. The van der Waals surface area contributed by atoms with Crippen LogP contribution in [0, 0.1) is 11.6 Å². The first-order valence-corrected chi connectivity index (χ1v) is 8.43. The average Bonchev–Trinajstić information content (AvgIpc) is 3.17.